The Bertz CT molecular complexity index is 1060. The van der Waals surface area contributed by atoms with Gasteiger partial charge in [-0.1, -0.05) is 12.1 Å². The number of amides is 1. The molecule has 29 heavy (non-hydrogen) atoms. The van der Waals surface area contributed by atoms with Crippen molar-refractivity contribution < 1.29 is 32.2 Å². The largest absolute Gasteiger partial charge is 0.454 e. The van der Waals surface area contributed by atoms with Gasteiger partial charge in [0, 0.05) is 6.26 Å². The van der Waals surface area contributed by atoms with Gasteiger partial charge in [0.1, 0.15) is 0 Å². The normalized spacial score (nSPS) is 13.6. The van der Waals surface area contributed by atoms with Crippen LogP contribution in [-0.4, -0.2) is 39.9 Å². The molecule has 1 N–H and O–H groups in total. The summed E-state index contributed by atoms with van der Waals surface area (Å²) in [6, 6.07) is 9.20. The van der Waals surface area contributed by atoms with Gasteiger partial charge in [-0.3, -0.25) is 4.79 Å². The van der Waals surface area contributed by atoms with Crippen molar-refractivity contribution in [1.29, 1.82) is 0 Å². The fourth-order valence-electron chi connectivity index (χ4n) is 2.81. The number of rotatable bonds is 6. The van der Waals surface area contributed by atoms with Crippen LogP contribution in [0, 0.1) is 6.92 Å². The molecule has 1 amide bonds. The highest BCUT2D eigenvalue weighted by atomic mass is 32.2. The molecule has 1 aliphatic rings. The Labute approximate surface area is 168 Å². The number of aryl methyl sites for hydroxylation is 1. The molecule has 1 heterocycles. The van der Waals surface area contributed by atoms with E-state index in [4.69, 9.17) is 14.2 Å². The minimum absolute atomic E-state index is 0.0101. The summed E-state index contributed by atoms with van der Waals surface area (Å²) < 4.78 is 39.0. The summed E-state index contributed by atoms with van der Waals surface area (Å²) >= 11 is 0. The zero-order valence-corrected chi connectivity index (χ0v) is 17.0. The first kappa shape index (κ1) is 20.7. The van der Waals surface area contributed by atoms with E-state index < -0.39 is 28.3 Å². The molecule has 0 fully saturated rings. The van der Waals surface area contributed by atoms with Gasteiger partial charge in [-0.2, -0.15) is 0 Å². The number of fused-ring (bicyclic) bond motifs is 1. The lowest BCUT2D eigenvalue weighted by molar-refractivity contribution is -0.124. The summed E-state index contributed by atoms with van der Waals surface area (Å²) in [5.74, 6) is 0.00322. The second-order valence-corrected chi connectivity index (χ2v) is 8.74. The third-order valence-electron chi connectivity index (χ3n) is 4.47. The second-order valence-electron chi connectivity index (χ2n) is 6.73. The number of carbonyl (C=O) groups is 2. The first-order valence-electron chi connectivity index (χ1n) is 8.82. The minimum Gasteiger partial charge on any atom is -0.454 e. The number of ether oxygens (including phenoxy) is 3. The summed E-state index contributed by atoms with van der Waals surface area (Å²) in [7, 11) is -3.46. The smallest absolute Gasteiger partial charge is 0.338 e. The number of benzene rings is 2. The highest BCUT2D eigenvalue weighted by Gasteiger charge is 2.19. The molecule has 2 aromatic carbocycles. The number of esters is 1. The van der Waals surface area contributed by atoms with E-state index in [0.29, 0.717) is 17.1 Å². The number of nitrogens with one attached hydrogen (secondary N) is 1. The lowest BCUT2D eigenvalue weighted by Gasteiger charge is -2.15. The molecule has 0 saturated carbocycles. The third-order valence-corrected chi connectivity index (χ3v) is 5.58. The topological polar surface area (TPSA) is 108 Å². The van der Waals surface area contributed by atoms with Gasteiger partial charge in [-0.15, -0.1) is 0 Å². The fourth-order valence-corrected chi connectivity index (χ4v) is 3.46. The molecule has 1 atom stereocenters. The highest BCUT2D eigenvalue weighted by molar-refractivity contribution is 7.90. The Kier molecular flexibility index (Phi) is 5.78. The van der Waals surface area contributed by atoms with Gasteiger partial charge >= 0.3 is 5.97 Å². The lowest BCUT2D eigenvalue weighted by Crippen LogP contribution is -2.31. The van der Waals surface area contributed by atoms with Crippen molar-refractivity contribution >= 4 is 21.7 Å². The van der Waals surface area contributed by atoms with Crippen LogP contribution in [0.2, 0.25) is 0 Å². The minimum atomic E-state index is -3.46. The summed E-state index contributed by atoms with van der Waals surface area (Å²) in [6.07, 6.45) is 1.05. The SMILES string of the molecule is Cc1ccc(S(C)(=O)=O)cc1C(=O)OCC(=O)N[C@@H](C)c1ccc2c(c1)OCO2. The van der Waals surface area contributed by atoms with Crippen LogP contribution in [0.4, 0.5) is 0 Å². The molecule has 8 nitrogen and oxygen atoms in total. The fraction of sp³-hybridized carbons (Fsp3) is 0.300. The van der Waals surface area contributed by atoms with Crippen LogP contribution >= 0.6 is 0 Å². The Hall–Kier alpha value is -3.07. The molecule has 0 saturated heterocycles. The summed E-state index contributed by atoms with van der Waals surface area (Å²) in [6.45, 7) is 3.12. The number of hydrogen-bond donors (Lipinski definition) is 1. The summed E-state index contributed by atoms with van der Waals surface area (Å²) in [5, 5.41) is 2.74. The molecule has 1 aliphatic heterocycles. The van der Waals surface area contributed by atoms with Crippen LogP contribution in [0.5, 0.6) is 11.5 Å². The molecule has 154 valence electrons. The number of hydrogen-bond acceptors (Lipinski definition) is 7. The molecule has 9 heteroatoms. The van der Waals surface area contributed by atoms with Gasteiger partial charge in [0.05, 0.1) is 16.5 Å². The first-order valence-corrected chi connectivity index (χ1v) is 10.7. The molecule has 0 spiro atoms. The quantitative estimate of drug-likeness (QED) is 0.715. The van der Waals surface area contributed by atoms with Crippen molar-refractivity contribution in [2.24, 2.45) is 0 Å². The van der Waals surface area contributed by atoms with E-state index in [9.17, 15) is 18.0 Å². The molecular weight excluding hydrogens is 398 g/mol. The second kappa shape index (κ2) is 8.12. The summed E-state index contributed by atoms with van der Waals surface area (Å²) in [5.41, 5.74) is 1.46. The number of carbonyl (C=O) groups excluding carboxylic acids is 2. The first-order chi connectivity index (χ1) is 13.6. The standard InChI is InChI=1S/C20H21NO7S/c1-12-4-6-15(29(3,24)25)9-16(12)20(23)26-10-19(22)21-13(2)14-5-7-17-18(8-14)28-11-27-17/h4-9,13H,10-11H2,1-3H3,(H,21,22)/t13-/m0/s1. The molecule has 0 unspecified atom stereocenters. The van der Waals surface area contributed by atoms with Crippen LogP contribution in [0.15, 0.2) is 41.3 Å². The highest BCUT2D eigenvalue weighted by Crippen LogP contribution is 2.34. The van der Waals surface area contributed by atoms with Crippen molar-refractivity contribution in [2.75, 3.05) is 19.7 Å². The average molecular weight is 419 g/mol. The molecule has 2 aromatic rings. The molecule has 0 bridgehead atoms. The van der Waals surface area contributed by atoms with Crippen LogP contribution in [-0.2, 0) is 19.4 Å². The zero-order valence-electron chi connectivity index (χ0n) is 16.2. The van der Waals surface area contributed by atoms with E-state index in [1.54, 1.807) is 26.0 Å². The lowest BCUT2D eigenvalue weighted by atomic mass is 10.1. The van der Waals surface area contributed by atoms with E-state index >= 15 is 0 Å². The van der Waals surface area contributed by atoms with Crippen molar-refractivity contribution in [3.8, 4) is 11.5 Å². The van der Waals surface area contributed by atoms with Crippen LogP contribution in [0.1, 0.15) is 34.5 Å². The third kappa shape index (κ3) is 4.86. The van der Waals surface area contributed by atoms with Crippen LogP contribution in [0.25, 0.3) is 0 Å². The Morgan fingerprint density at radius 2 is 1.86 bits per heavy atom. The van der Waals surface area contributed by atoms with E-state index in [1.807, 2.05) is 6.07 Å². The molecule has 0 radical (unpaired) electrons. The van der Waals surface area contributed by atoms with Crippen molar-refractivity contribution in [3.05, 3.63) is 53.1 Å². The van der Waals surface area contributed by atoms with E-state index in [0.717, 1.165) is 11.8 Å². The maximum atomic E-state index is 12.3. The van der Waals surface area contributed by atoms with E-state index in [1.165, 1.54) is 18.2 Å². The van der Waals surface area contributed by atoms with Gasteiger partial charge < -0.3 is 19.5 Å². The van der Waals surface area contributed by atoms with E-state index in [-0.39, 0.29) is 23.3 Å². The molecule has 0 aliphatic carbocycles. The van der Waals surface area contributed by atoms with Crippen molar-refractivity contribution in [2.45, 2.75) is 24.8 Å². The van der Waals surface area contributed by atoms with Crippen LogP contribution < -0.4 is 14.8 Å². The van der Waals surface area contributed by atoms with Crippen molar-refractivity contribution in [1.82, 2.24) is 5.32 Å². The van der Waals surface area contributed by atoms with Gasteiger partial charge in [0.2, 0.25) is 6.79 Å². The molecular formula is C20H21NO7S. The molecule has 0 aromatic heterocycles. The average Bonchev–Trinajstić information content (AvgIpc) is 3.13. The van der Waals surface area contributed by atoms with Gasteiger partial charge in [-0.05, 0) is 49.2 Å². The predicted molar refractivity (Wildman–Crippen MR) is 104 cm³/mol. The Morgan fingerprint density at radius 3 is 2.59 bits per heavy atom. The van der Waals surface area contributed by atoms with Gasteiger partial charge in [0.15, 0.2) is 27.9 Å². The monoisotopic (exact) mass is 419 g/mol. The van der Waals surface area contributed by atoms with E-state index in [2.05, 4.69) is 5.32 Å². The Balaban J connectivity index is 1.60. The zero-order chi connectivity index (χ0) is 21.2. The van der Waals surface area contributed by atoms with Gasteiger partial charge in [-0.25, -0.2) is 13.2 Å². The van der Waals surface area contributed by atoms with Gasteiger partial charge in [0.25, 0.3) is 5.91 Å². The molecule has 3 rings (SSSR count). The van der Waals surface area contributed by atoms with Crippen LogP contribution in [0.3, 0.4) is 0 Å². The number of sulfone groups is 1. The Morgan fingerprint density at radius 1 is 1.14 bits per heavy atom. The maximum absolute atomic E-state index is 12.3. The summed E-state index contributed by atoms with van der Waals surface area (Å²) in [4.78, 5) is 24.5. The maximum Gasteiger partial charge on any atom is 0.338 e. The predicted octanol–water partition coefficient (Wildman–Crippen LogP) is 2.16. The van der Waals surface area contributed by atoms with Crippen molar-refractivity contribution in [3.63, 3.8) is 0 Å².